The van der Waals surface area contributed by atoms with E-state index in [1.54, 1.807) is 0 Å². The summed E-state index contributed by atoms with van der Waals surface area (Å²) in [6.45, 7) is 7.91. The smallest absolute Gasteiger partial charge is 0.194 e. The third-order valence-corrected chi connectivity index (χ3v) is 5.81. The van der Waals surface area contributed by atoms with Crippen molar-refractivity contribution in [3.05, 3.63) is 34.0 Å². The summed E-state index contributed by atoms with van der Waals surface area (Å²) in [7, 11) is 1.99. The van der Waals surface area contributed by atoms with Gasteiger partial charge in [-0.25, -0.2) is 4.99 Å². The second-order valence-corrected chi connectivity index (χ2v) is 7.82. The standard InChI is InChI=1S/C18H28N6S.HI/c1-14-7-10-24(11-8-14)18(19-9-6-16-5-4-12-25-16)20-13-17-22-21-15(2)23(17)3;/h4-5,12,14H,6-11,13H2,1-3H3,(H,19,20);1H. The summed E-state index contributed by atoms with van der Waals surface area (Å²) in [6, 6.07) is 4.30. The molecule has 0 amide bonds. The number of aryl methyl sites for hydroxylation is 1. The molecule has 1 aliphatic heterocycles. The zero-order chi connectivity index (χ0) is 17.6. The molecule has 2 aromatic heterocycles. The van der Waals surface area contributed by atoms with Crippen molar-refractivity contribution in [1.29, 1.82) is 0 Å². The van der Waals surface area contributed by atoms with Crippen LogP contribution in [-0.4, -0.2) is 45.3 Å². The highest BCUT2D eigenvalue weighted by molar-refractivity contribution is 14.0. The van der Waals surface area contributed by atoms with Gasteiger partial charge in [-0.3, -0.25) is 0 Å². The van der Waals surface area contributed by atoms with E-state index in [0.29, 0.717) is 6.54 Å². The Morgan fingerprint density at radius 2 is 2.12 bits per heavy atom. The summed E-state index contributed by atoms with van der Waals surface area (Å²) < 4.78 is 2.01. The lowest BCUT2D eigenvalue weighted by Gasteiger charge is -2.33. The molecule has 0 aliphatic carbocycles. The number of aliphatic imine (C=N–C) groups is 1. The molecule has 0 radical (unpaired) electrons. The lowest BCUT2D eigenvalue weighted by Crippen LogP contribution is -2.46. The molecule has 144 valence electrons. The van der Waals surface area contributed by atoms with E-state index >= 15 is 0 Å². The normalized spacial score (nSPS) is 15.8. The minimum absolute atomic E-state index is 0. The van der Waals surface area contributed by atoms with E-state index in [2.05, 4.69) is 44.9 Å². The number of guanidine groups is 1. The summed E-state index contributed by atoms with van der Waals surface area (Å²) >= 11 is 1.81. The highest BCUT2D eigenvalue weighted by Crippen LogP contribution is 2.16. The lowest BCUT2D eigenvalue weighted by atomic mass is 10.00. The predicted molar refractivity (Wildman–Crippen MR) is 118 cm³/mol. The van der Waals surface area contributed by atoms with E-state index in [1.165, 1.54) is 17.7 Å². The van der Waals surface area contributed by atoms with Gasteiger partial charge in [0.05, 0.1) is 0 Å². The number of nitrogens with zero attached hydrogens (tertiary/aromatic N) is 5. The molecule has 0 atom stereocenters. The molecule has 1 saturated heterocycles. The Kier molecular flexibility index (Phi) is 8.33. The Balaban J connectivity index is 0.00000243. The molecule has 3 heterocycles. The van der Waals surface area contributed by atoms with Crippen molar-refractivity contribution in [2.45, 2.75) is 39.7 Å². The van der Waals surface area contributed by atoms with Crippen molar-refractivity contribution in [2.24, 2.45) is 18.0 Å². The van der Waals surface area contributed by atoms with Crippen molar-refractivity contribution in [3.8, 4) is 0 Å². The summed E-state index contributed by atoms with van der Waals surface area (Å²) in [5.74, 6) is 3.64. The summed E-state index contributed by atoms with van der Waals surface area (Å²) in [5, 5.41) is 14.0. The molecule has 0 aromatic carbocycles. The molecular formula is C18H29IN6S. The van der Waals surface area contributed by atoms with Crippen LogP contribution >= 0.6 is 35.3 Å². The van der Waals surface area contributed by atoms with E-state index in [1.807, 2.05) is 29.9 Å². The first-order valence-corrected chi connectivity index (χ1v) is 9.92. The van der Waals surface area contributed by atoms with Gasteiger partial charge < -0.3 is 14.8 Å². The Bertz CT molecular complexity index is 689. The van der Waals surface area contributed by atoms with Gasteiger partial charge in [0.15, 0.2) is 11.8 Å². The fourth-order valence-corrected chi connectivity index (χ4v) is 3.68. The van der Waals surface area contributed by atoms with E-state index in [9.17, 15) is 0 Å². The third-order valence-electron chi connectivity index (χ3n) is 4.87. The molecule has 1 fully saturated rings. The molecule has 1 N–H and O–H groups in total. The van der Waals surface area contributed by atoms with Crippen LogP contribution in [0.15, 0.2) is 22.5 Å². The van der Waals surface area contributed by atoms with Gasteiger partial charge in [0.25, 0.3) is 0 Å². The van der Waals surface area contributed by atoms with Gasteiger partial charge in [0.1, 0.15) is 12.4 Å². The average Bonchev–Trinajstić information content (AvgIpc) is 3.23. The number of thiophene rings is 1. The van der Waals surface area contributed by atoms with Crippen molar-refractivity contribution >= 4 is 41.3 Å². The zero-order valence-electron chi connectivity index (χ0n) is 15.8. The van der Waals surface area contributed by atoms with Gasteiger partial charge in [0.2, 0.25) is 0 Å². The Morgan fingerprint density at radius 1 is 1.35 bits per heavy atom. The van der Waals surface area contributed by atoms with Crippen LogP contribution in [0.3, 0.4) is 0 Å². The summed E-state index contributed by atoms with van der Waals surface area (Å²) in [6.07, 6.45) is 3.49. The fourth-order valence-electron chi connectivity index (χ4n) is 2.97. The van der Waals surface area contributed by atoms with Gasteiger partial charge >= 0.3 is 0 Å². The molecular weight excluding hydrogens is 459 g/mol. The number of halogens is 1. The fraction of sp³-hybridized carbons (Fsp3) is 0.611. The van der Waals surface area contributed by atoms with Crippen molar-refractivity contribution < 1.29 is 0 Å². The van der Waals surface area contributed by atoms with Gasteiger partial charge in [-0.15, -0.1) is 45.5 Å². The van der Waals surface area contributed by atoms with Gasteiger partial charge in [-0.2, -0.15) is 0 Å². The first-order valence-electron chi connectivity index (χ1n) is 9.04. The first-order chi connectivity index (χ1) is 12.1. The molecule has 0 bridgehead atoms. The quantitative estimate of drug-likeness (QED) is 0.399. The highest BCUT2D eigenvalue weighted by atomic mass is 127. The molecule has 2 aromatic rings. The Morgan fingerprint density at radius 3 is 2.73 bits per heavy atom. The number of aromatic nitrogens is 3. The lowest BCUT2D eigenvalue weighted by molar-refractivity contribution is 0.273. The van der Waals surface area contributed by atoms with Crippen LogP contribution in [0.25, 0.3) is 0 Å². The first kappa shape index (κ1) is 21.1. The molecule has 3 rings (SSSR count). The molecule has 0 spiro atoms. The SMILES string of the molecule is Cc1nnc(CN=C(NCCc2cccs2)N2CCC(C)CC2)n1C.I. The van der Waals surface area contributed by atoms with E-state index in [-0.39, 0.29) is 24.0 Å². The van der Waals surface area contributed by atoms with Crippen molar-refractivity contribution in [1.82, 2.24) is 25.0 Å². The monoisotopic (exact) mass is 488 g/mol. The number of hydrogen-bond donors (Lipinski definition) is 1. The highest BCUT2D eigenvalue weighted by Gasteiger charge is 2.19. The van der Waals surface area contributed by atoms with E-state index in [4.69, 9.17) is 4.99 Å². The maximum atomic E-state index is 4.85. The summed E-state index contributed by atoms with van der Waals surface area (Å²) in [5.41, 5.74) is 0. The van der Waals surface area contributed by atoms with E-state index < -0.39 is 0 Å². The van der Waals surface area contributed by atoms with E-state index in [0.717, 1.165) is 49.6 Å². The largest absolute Gasteiger partial charge is 0.356 e. The second kappa shape index (κ2) is 10.2. The number of nitrogens with one attached hydrogen (secondary N) is 1. The summed E-state index contributed by atoms with van der Waals surface area (Å²) in [4.78, 5) is 8.64. The molecule has 0 saturated carbocycles. The maximum Gasteiger partial charge on any atom is 0.194 e. The molecule has 26 heavy (non-hydrogen) atoms. The van der Waals surface area contributed by atoms with Gasteiger partial charge in [-0.05, 0) is 43.6 Å². The van der Waals surface area contributed by atoms with Crippen LogP contribution in [0.2, 0.25) is 0 Å². The van der Waals surface area contributed by atoms with Crippen molar-refractivity contribution in [2.75, 3.05) is 19.6 Å². The van der Waals surface area contributed by atoms with Crippen LogP contribution < -0.4 is 5.32 Å². The number of likely N-dealkylation sites (tertiary alicyclic amines) is 1. The number of rotatable bonds is 5. The zero-order valence-corrected chi connectivity index (χ0v) is 19.0. The maximum absolute atomic E-state index is 4.85. The molecule has 0 unspecified atom stereocenters. The third kappa shape index (κ3) is 5.67. The molecule has 1 aliphatic rings. The van der Waals surface area contributed by atoms with Crippen LogP contribution in [0.5, 0.6) is 0 Å². The molecule has 6 nitrogen and oxygen atoms in total. The number of piperidine rings is 1. The Labute approximate surface area is 177 Å². The van der Waals surface area contributed by atoms with Crippen molar-refractivity contribution in [3.63, 3.8) is 0 Å². The minimum Gasteiger partial charge on any atom is -0.356 e. The molecule has 8 heteroatoms. The topological polar surface area (TPSA) is 58.3 Å². The van der Waals surface area contributed by atoms with Crippen LogP contribution in [0.4, 0.5) is 0 Å². The average molecular weight is 488 g/mol. The Hall–Kier alpha value is -1.16. The van der Waals surface area contributed by atoms with Crippen LogP contribution in [0, 0.1) is 12.8 Å². The van der Waals surface area contributed by atoms with Gasteiger partial charge in [0, 0.05) is 31.6 Å². The predicted octanol–water partition coefficient (Wildman–Crippen LogP) is 3.22. The van der Waals surface area contributed by atoms with Crippen LogP contribution in [-0.2, 0) is 20.0 Å². The minimum atomic E-state index is 0. The number of hydrogen-bond acceptors (Lipinski definition) is 4. The van der Waals surface area contributed by atoms with Crippen LogP contribution in [0.1, 0.15) is 36.3 Å². The second-order valence-electron chi connectivity index (χ2n) is 6.79. The van der Waals surface area contributed by atoms with Gasteiger partial charge in [-0.1, -0.05) is 13.0 Å².